The molecule has 4 rings (SSSR count). The molecular formula is C25H28N2. The summed E-state index contributed by atoms with van der Waals surface area (Å²) in [5, 5.41) is 7.69. The van der Waals surface area contributed by atoms with Gasteiger partial charge in [0.05, 0.1) is 0 Å². The van der Waals surface area contributed by atoms with Gasteiger partial charge in [-0.15, -0.1) is 0 Å². The smallest absolute Gasteiger partial charge is 0.0330 e. The first-order chi connectivity index (χ1) is 13.4. The minimum absolute atomic E-state index is 0.348. The molecule has 2 atom stereocenters. The van der Waals surface area contributed by atoms with E-state index in [-0.39, 0.29) is 0 Å². The lowest BCUT2D eigenvalue weighted by Gasteiger charge is -2.39. The van der Waals surface area contributed by atoms with E-state index in [0.29, 0.717) is 18.0 Å². The summed E-state index contributed by atoms with van der Waals surface area (Å²) in [6, 6.07) is 33.4. The maximum absolute atomic E-state index is 3.85. The highest BCUT2D eigenvalue weighted by Gasteiger charge is 2.33. The Morgan fingerprint density at radius 2 is 1.33 bits per heavy atom. The van der Waals surface area contributed by atoms with Gasteiger partial charge in [-0.3, -0.25) is 0 Å². The lowest BCUT2D eigenvalue weighted by atomic mass is 9.79. The third kappa shape index (κ3) is 4.47. The normalized spacial score (nSPS) is 19.9. The van der Waals surface area contributed by atoms with Gasteiger partial charge in [0.25, 0.3) is 0 Å². The van der Waals surface area contributed by atoms with Crippen LogP contribution in [0.3, 0.4) is 0 Å². The van der Waals surface area contributed by atoms with E-state index >= 15 is 0 Å². The van der Waals surface area contributed by atoms with Gasteiger partial charge in [-0.1, -0.05) is 91.0 Å². The zero-order chi connectivity index (χ0) is 18.3. The molecule has 1 aliphatic heterocycles. The van der Waals surface area contributed by atoms with E-state index in [2.05, 4.69) is 102 Å². The van der Waals surface area contributed by atoms with Crippen molar-refractivity contribution in [3.8, 4) is 0 Å². The maximum atomic E-state index is 3.85. The molecule has 0 radical (unpaired) electrons. The Morgan fingerprint density at radius 1 is 0.778 bits per heavy atom. The molecule has 1 saturated heterocycles. The topological polar surface area (TPSA) is 24.1 Å². The van der Waals surface area contributed by atoms with Crippen molar-refractivity contribution >= 4 is 0 Å². The molecule has 0 unspecified atom stereocenters. The monoisotopic (exact) mass is 356 g/mol. The molecule has 2 heteroatoms. The first kappa shape index (κ1) is 18.0. The molecule has 0 aliphatic carbocycles. The van der Waals surface area contributed by atoms with Gasteiger partial charge < -0.3 is 10.6 Å². The fourth-order valence-electron chi connectivity index (χ4n) is 4.26. The van der Waals surface area contributed by atoms with Gasteiger partial charge in [-0.05, 0) is 36.1 Å². The largest absolute Gasteiger partial charge is 0.311 e. The highest BCUT2D eigenvalue weighted by atomic mass is 15.0. The van der Waals surface area contributed by atoms with E-state index in [9.17, 15) is 0 Å². The zero-order valence-corrected chi connectivity index (χ0v) is 15.7. The molecule has 0 aromatic heterocycles. The molecular weight excluding hydrogens is 328 g/mol. The van der Waals surface area contributed by atoms with Crippen LogP contribution in [0.5, 0.6) is 0 Å². The Hall–Kier alpha value is -2.42. The average Bonchev–Trinajstić information content (AvgIpc) is 2.76. The fourth-order valence-corrected chi connectivity index (χ4v) is 4.26. The summed E-state index contributed by atoms with van der Waals surface area (Å²) >= 11 is 0. The maximum Gasteiger partial charge on any atom is 0.0330 e. The van der Waals surface area contributed by atoms with Crippen LogP contribution >= 0.6 is 0 Å². The minimum atomic E-state index is 0.348. The molecule has 2 N–H and O–H groups in total. The van der Waals surface area contributed by atoms with Gasteiger partial charge in [-0.25, -0.2) is 0 Å². The first-order valence-electron chi connectivity index (χ1n) is 10.0. The van der Waals surface area contributed by atoms with Gasteiger partial charge in [0, 0.05) is 24.5 Å². The van der Waals surface area contributed by atoms with Crippen molar-refractivity contribution in [1.82, 2.24) is 10.6 Å². The second-order valence-corrected chi connectivity index (χ2v) is 7.39. The highest BCUT2D eigenvalue weighted by molar-refractivity contribution is 5.35. The van der Waals surface area contributed by atoms with E-state index < -0.39 is 0 Å². The minimum Gasteiger partial charge on any atom is -0.311 e. The molecule has 1 heterocycles. The molecule has 0 saturated carbocycles. The molecule has 0 amide bonds. The highest BCUT2D eigenvalue weighted by Crippen LogP contribution is 2.32. The van der Waals surface area contributed by atoms with E-state index in [0.717, 1.165) is 13.1 Å². The van der Waals surface area contributed by atoms with Gasteiger partial charge in [-0.2, -0.15) is 0 Å². The molecule has 138 valence electrons. The summed E-state index contributed by atoms with van der Waals surface area (Å²) in [6.07, 6.45) is 2.43. The molecule has 0 spiro atoms. The number of rotatable bonds is 6. The van der Waals surface area contributed by atoms with Crippen molar-refractivity contribution in [3.05, 3.63) is 108 Å². The summed E-state index contributed by atoms with van der Waals surface area (Å²) in [5.74, 6) is 0.348. The predicted octanol–water partition coefficient (Wildman–Crippen LogP) is 4.73. The Kier molecular flexibility index (Phi) is 5.98. The van der Waals surface area contributed by atoms with E-state index in [1.807, 2.05) is 0 Å². The number of piperidine rings is 1. The van der Waals surface area contributed by atoms with Crippen LogP contribution in [0.1, 0.15) is 35.4 Å². The lowest BCUT2D eigenvalue weighted by molar-refractivity contribution is 0.280. The van der Waals surface area contributed by atoms with Crippen molar-refractivity contribution < 1.29 is 0 Å². The van der Waals surface area contributed by atoms with Crippen molar-refractivity contribution in [2.45, 2.75) is 37.4 Å². The van der Waals surface area contributed by atoms with Crippen molar-refractivity contribution in [2.75, 3.05) is 6.54 Å². The van der Waals surface area contributed by atoms with Gasteiger partial charge >= 0.3 is 0 Å². The number of nitrogens with one attached hydrogen (secondary N) is 2. The van der Waals surface area contributed by atoms with Crippen LogP contribution in [-0.4, -0.2) is 18.6 Å². The van der Waals surface area contributed by atoms with Crippen LogP contribution in [0.25, 0.3) is 0 Å². The Morgan fingerprint density at radius 3 is 1.93 bits per heavy atom. The number of hydrogen-bond donors (Lipinski definition) is 2. The second kappa shape index (κ2) is 8.98. The van der Waals surface area contributed by atoms with Crippen LogP contribution in [0, 0.1) is 0 Å². The molecule has 0 bridgehead atoms. The quantitative estimate of drug-likeness (QED) is 0.667. The van der Waals surface area contributed by atoms with Crippen molar-refractivity contribution in [3.63, 3.8) is 0 Å². The summed E-state index contributed by atoms with van der Waals surface area (Å²) < 4.78 is 0. The number of benzene rings is 3. The second-order valence-electron chi connectivity index (χ2n) is 7.39. The zero-order valence-electron chi connectivity index (χ0n) is 15.7. The molecule has 1 fully saturated rings. The SMILES string of the molecule is c1ccc(CN[C@@H]2CCCN[C@H]2C(c2ccccc2)c2ccccc2)cc1. The van der Waals surface area contributed by atoms with E-state index in [4.69, 9.17) is 0 Å². The Bertz CT molecular complexity index is 762. The third-order valence-electron chi connectivity index (χ3n) is 5.59. The fraction of sp³-hybridized carbons (Fsp3) is 0.280. The predicted molar refractivity (Wildman–Crippen MR) is 113 cm³/mol. The van der Waals surface area contributed by atoms with Crippen molar-refractivity contribution in [2.24, 2.45) is 0 Å². The van der Waals surface area contributed by atoms with Crippen LogP contribution in [-0.2, 0) is 6.54 Å². The molecule has 3 aromatic carbocycles. The first-order valence-corrected chi connectivity index (χ1v) is 10.0. The van der Waals surface area contributed by atoms with Crippen LogP contribution in [0.2, 0.25) is 0 Å². The summed E-state index contributed by atoms with van der Waals surface area (Å²) in [7, 11) is 0. The van der Waals surface area contributed by atoms with E-state index in [1.54, 1.807) is 0 Å². The van der Waals surface area contributed by atoms with Crippen LogP contribution in [0.4, 0.5) is 0 Å². The molecule has 3 aromatic rings. The molecule has 1 aliphatic rings. The van der Waals surface area contributed by atoms with E-state index in [1.165, 1.54) is 29.5 Å². The van der Waals surface area contributed by atoms with Crippen molar-refractivity contribution in [1.29, 1.82) is 0 Å². The van der Waals surface area contributed by atoms with Gasteiger partial charge in [0.15, 0.2) is 0 Å². The lowest BCUT2D eigenvalue weighted by Crippen LogP contribution is -2.54. The number of hydrogen-bond acceptors (Lipinski definition) is 2. The third-order valence-corrected chi connectivity index (χ3v) is 5.59. The molecule has 27 heavy (non-hydrogen) atoms. The Labute approximate surface area is 162 Å². The van der Waals surface area contributed by atoms with Gasteiger partial charge in [0.2, 0.25) is 0 Å². The Balaban J connectivity index is 1.60. The van der Waals surface area contributed by atoms with Gasteiger partial charge in [0.1, 0.15) is 0 Å². The summed E-state index contributed by atoms with van der Waals surface area (Å²) in [5.41, 5.74) is 4.11. The summed E-state index contributed by atoms with van der Waals surface area (Å²) in [6.45, 7) is 2.00. The van der Waals surface area contributed by atoms with Crippen LogP contribution in [0.15, 0.2) is 91.0 Å². The molecule has 2 nitrogen and oxygen atoms in total. The average molecular weight is 357 g/mol. The summed E-state index contributed by atoms with van der Waals surface area (Å²) in [4.78, 5) is 0. The van der Waals surface area contributed by atoms with Crippen LogP contribution < -0.4 is 10.6 Å². The standard InChI is InChI=1S/C25H28N2/c1-4-11-20(12-5-1)19-27-23-17-10-18-26-25(23)24(21-13-6-2-7-14-21)22-15-8-3-9-16-22/h1-9,11-16,23-27H,10,17-19H2/t23-,25-/m1/s1.